The van der Waals surface area contributed by atoms with Crippen LogP contribution in [-0.2, 0) is 16.1 Å². The first-order chi connectivity index (χ1) is 15.4. The van der Waals surface area contributed by atoms with Crippen molar-refractivity contribution in [2.24, 2.45) is 5.92 Å². The Balaban J connectivity index is 0.000000451. The predicted octanol–water partition coefficient (Wildman–Crippen LogP) is 4.10. The maximum absolute atomic E-state index is 12.7. The van der Waals surface area contributed by atoms with Crippen molar-refractivity contribution in [3.8, 4) is 0 Å². The summed E-state index contributed by atoms with van der Waals surface area (Å²) in [5, 5.41) is 6.93. The Bertz CT molecular complexity index is 737. The van der Waals surface area contributed by atoms with Gasteiger partial charge >= 0.3 is 0 Å². The summed E-state index contributed by atoms with van der Waals surface area (Å²) in [5.74, 6) is 0.670. The number of rotatable bonds is 8. The van der Waals surface area contributed by atoms with Crippen LogP contribution in [0.15, 0.2) is 12.1 Å². The van der Waals surface area contributed by atoms with E-state index in [1.54, 1.807) is 0 Å². The van der Waals surface area contributed by atoms with E-state index < -0.39 is 0 Å². The fraction of sp³-hybridized carbons (Fsp3) is 0.680. The summed E-state index contributed by atoms with van der Waals surface area (Å²) in [6, 6.07) is 4.32. The molecule has 0 unspecified atom stereocenters. The lowest BCUT2D eigenvalue weighted by Crippen LogP contribution is -2.54. The molecule has 1 aliphatic heterocycles. The summed E-state index contributed by atoms with van der Waals surface area (Å²) in [7, 11) is 3.81. The second kappa shape index (κ2) is 13.8. The van der Waals surface area contributed by atoms with Crippen molar-refractivity contribution in [3.05, 3.63) is 28.3 Å². The van der Waals surface area contributed by atoms with E-state index in [2.05, 4.69) is 40.3 Å². The van der Waals surface area contributed by atoms with Crippen LogP contribution in [0.5, 0.6) is 0 Å². The Labute approximate surface area is 199 Å². The van der Waals surface area contributed by atoms with Gasteiger partial charge < -0.3 is 20.3 Å². The van der Waals surface area contributed by atoms with Gasteiger partial charge in [0.15, 0.2) is 0 Å². The minimum Gasteiger partial charge on any atom is -0.388 e. The molecule has 0 spiro atoms. The Hall–Kier alpha value is -1.63. The van der Waals surface area contributed by atoms with E-state index in [0.29, 0.717) is 12.3 Å². The number of hydrogen-bond acceptors (Lipinski definition) is 5. The molecule has 1 aliphatic carbocycles. The molecule has 1 aromatic carbocycles. The number of aldehydes is 1. The molecule has 6 nitrogen and oxygen atoms in total. The van der Waals surface area contributed by atoms with Crippen molar-refractivity contribution in [3.63, 3.8) is 0 Å². The normalized spacial score (nSPS) is 19.4. The number of amides is 1. The smallest absolute Gasteiger partial charge is 0.226 e. The Morgan fingerprint density at radius 1 is 1.22 bits per heavy atom. The zero-order valence-corrected chi connectivity index (χ0v) is 21.0. The summed E-state index contributed by atoms with van der Waals surface area (Å²) < 4.78 is 0. The highest BCUT2D eigenvalue weighted by Crippen LogP contribution is 2.29. The maximum atomic E-state index is 12.7. The number of unbranched alkanes of at least 4 members (excludes halogenated alkanes) is 1. The van der Waals surface area contributed by atoms with Crippen molar-refractivity contribution < 1.29 is 9.59 Å². The van der Waals surface area contributed by atoms with Crippen molar-refractivity contribution in [2.45, 2.75) is 65.0 Å². The van der Waals surface area contributed by atoms with Crippen LogP contribution in [0.25, 0.3) is 0 Å². The zero-order valence-electron chi connectivity index (χ0n) is 20.3. The number of carbonyl (C=O) groups is 2. The highest BCUT2D eigenvalue weighted by atomic mass is 35.5. The summed E-state index contributed by atoms with van der Waals surface area (Å²) in [4.78, 5) is 27.0. The van der Waals surface area contributed by atoms with Crippen molar-refractivity contribution in [1.29, 1.82) is 0 Å². The summed E-state index contributed by atoms with van der Waals surface area (Å²) >= 11 is 6.27. The van der Waals surface area contributed by atoms with E-state index in [1.165, 1.54) is 24.0 Å². The molecule has 1 heterocycles. The summed E-state index contributed by atoms with van der Waals surface area (Å²) in [6.45, 7) is 8.86. The van der Waals surface area contributed by atoms with Crippen molar-refractivity contribution >= 4 is 29.5 Å². The van der Waals surface area contributed by atoms with Crippen LogP contribution in [0, 0.1) is 12.8 Å². The molecule has 2 fully saturated rings. The van der Waals surface area contributed by atoms with Crippen LogP contribution in [-0.4, -0.2) is 68.3 Å². The lowest BCUT2D eigenvalue weighted by molar-refractivity contribution is -0.140. The SMILES string of the molecule is CNCCCC=O.CNc1cc(Cl)cc(CN2CCN(C(=O)C3CCCC3)[C@@H](C)C2)c1C. The van der Waals surface area contributed by atoms with Crippen LogP contribution in [0.4, 0.5) is 5.69 Å². The lowest BCUT2D eigenvalue weighted by Gasteiger charge is -2.41. The Morgan fingerprint density at radius 3 is 2.53 bits per heavy atom. The maximum Gasteiger partial charge on any atom is 0.226 e. The molecular weight excluding hydrogens is 424 g/mol. The number of anilines is 1. The van der Waals surface area contributed by atoms with E-state index in [-0.39, 0.29) is 12.0 Å². The number of halogens is 1. The quantitative estimate of drug-likeness (QED) is 0.448. The second-order valence-corrected chi connectivity index (χ2v) is 9.43. The average Bonchev–Trinajstić information content (AvgIpc) is 3.31. The van der Waals surface area contributed by atoms with Gasteiger partial charge in [-0.05, 0) is 70.0 Å². The van der Waals surface area contributed by atoms with Gasteiger partial charge in [0.2, 0.25) is 5.91 Å². The molecule has 1 amide bonds. The highest BCUT2D eigenvalue weighted by molar-refractivity contribution is 6.31. The van der Waals surface area contributed by atoms with Crippen LogP contribution < -0.4 is 10.6 Å². The summed E-state index contributed by atoms with van der Waals surface area (Å²) in [5.41, 5.74) is 3.61. The monoisotopic (exact) mass is 464 g/mol. The molecule has 7 heteroatoms. The van der Waals surface area contributed by atoms with Gasteiger partial charge in [-0.1, -0.05) is 24.4 Å². The molecular formula is C25H41ClN4O2. The number of nitrogens with one attached hydrogen (secondary N) is 2. The molecule has 1 atom stereocenters. The van der Waals surface area contributed by atoms with Gasteiger partial charge in [0.25, 0.3) is 0 Å². The fourth-order valence-electron chi connectivity index (χ4n) is 4.67. The highest BCUT2D eigenvalue weighted by Gasteiger charge is 2.33. The summed E-state index contributed by atoms with van der Waals surface area (Å²) in [6.07, 6.45) is 7.18. The molecule has 0 aromatic heterocycles. The van der Waals surface area contributed by atoms with Gasteiger partial charge in [-0.3, -0.25) is 9.69 Å². The topological polar surface area (TPSA) is 64.7 Å². The molecule has 2 N–H and O–H groups in total. The standard InChI is InChI=1S/C20H30ClN3O.C5H11NO/c1-14-12-23(8-9-24(14)20(25)16-6-4-5-7-16)13-17-10-18(21)11-19(22-3)15(17)2;1-6-4-2-3-5-7/h10-11,14,16,22H,4-9,12-13H2,1-3H3;5-6H,2-4H2,1H3/t14-;/m0./s1. The van der Waals surface area contributed by atoms with Crippen LogP contribution >= 0.6 is 11.6 Å². The minimum absolute atomic E-state index is 0.280. The molecule has 1 saturated heterocycles. The number of carbonyl (C=O) groups excluding carboxylic acids is 2. The lowest BCUT2D eigenvalue weighted by atomic mass is 10.0. The van der Waals surface area contributed by atoms with E-state index >= 15 is 0 Å². The Morgan fingerprint density at radius 2 is 1.94 bits per heavy atom. The molecule has 0 radical (unpaired) electrons. The van der Waals surface area contributed by atoms with Gasteiger partial charge in [-0.25, -0.2) is 0 Å². The molecule has 1 saturated carbocycles. The first-order valence-corrected chi connectivity index (χ1v) is 12.4. The third-order valence-electron chi connectivity index (χ3n) is 6.59. The van der Waals surface area contributed by atoms with E-state index in [1.807, 2.05) is 20.2 Å². The minimum atomic E-state index is 0.280. The molecule has 3 rings (SSSR count). The first-order valence-electron chi connectivity index (χ1n) is 12.0. The molecule has 1 aromatic rings. The molecule has 32 heavy (non-hydrogen) atoms. The number of piperazine rings is 1. The van der Waals surface area contributed by atoms with Crippen LogP contribution in [0.2, 0.25) is 5.02 Å². The molecule has 2 aliphatic rings. The van der Waals surface area contributed by atoms with Gasteiger partial charge in [0.1, 0.15) is 6.29 Å². The second-order valence-electron chi connectivity index (χ2n) is 9.00. The Kier molecular flexibility index (Phi) is 11.5. The van der Waals surface area contributed by atoms with E-state index in [9.17, 15) is 9.59 Å². The molecule has 180 valence electrons. The van der Waals surface area contributed by atoms with Crippen LogP contribution in [0.1, 0.15) is 56.6 Å². The van der Waals surface area contributed by atoms with Crippen LogP contribution in [0.3, 0.4) is 0 Å². The van der Waals surface area contributed by atoms with Crippen molar-refractivity contribution in [2.75, 3.05) is 45.6 Å². The number of benzene rings is 1. The van der Waals surface area contributed by atoms with Gasteiger partial charge in [0, 0.05) is 62.3 Å². The predicted molar refractivity (Wildman–Crippen MR) is 133 cm³/mol. The van der Waals surface area contributed by atoms with E-state index in [4.69, 9.17) is 11.6 Å². The zero-order chi connectivity index (χ0) is 23.5. The van der Waals surface area contributed by atoms with E-state index in [0.717, 1.165) is 69.0 Å². The first kappa shape index (κ1) is 26.6. The van der Waals surface area contributed by atoms with Gasteiger partial charge in [0.05, 0.1) is 0 Å². The average molecular weight is 465 g/mol. The van der Waals surface area contributed by atoms with Gasteiger partial charge in [-0.15, -0.1) is 0 Å². The molecule has 0 bridgehead atoms. The van der Waals surface area contributed by atoms with Crippen molar-refractivity contribution in [1.82, 2.24) is 15.1 Å². The third kappa shape index (κ3) is 7.75. The number of hydrogen-bond donors (Lipinski definition) is 2. The number of nitrogens with zero attached hydrogens (tertiary/aromatic N) is 2. The fourth-order valence-corrected chi connectivity index (χ4v) is 4.91. The van der Waals surface area contributed by atoms with Gasteiger partial charge in [-0.2, -0.15) is 0 Å². The third-order valence-corrected chi connectivity index (χ3v) is 6.81. The largest absolute Gasteiger partial charge is 0.388 e.